The van der Waals surface area contributed by atoms with Crippen molar-refractivity contribution in [3.05, 3.63) is 46.6 Å². The first-order valence-electron chi connectivity index (χ1n) is 9.60. The number of guanidine groups is 1. The summed E-state index contributed by atoms with van der Waals surface area (Å²) >= 11 is 3.45. The molecule has 0 aliphatic carbocycles. The van der Waals surface area contributed by atoms with Gasteiger partial charge in [0.1, 0.15) is 11.5 Å². The van der Waals surface area contributed by atoms with Gasteiger partial charge in [-0.15, -0.1) is 0 Å². The molecule has 2 heterocycles. The third-order valence-corrected chi connectivity index (χ3v) is 5.62. The molecule has 1 aliphatic rings. The zero-order valence-electron chi connectivity index (χ0n) is 16.4. The van der Waals surface area contributed by atoms with E-state index in [0.717, 1.165) is 53.4 Å². The highest BCUT2D eigenvalue weighted by Crippen LogP contribution is 2.24. The Balaban J connectivity index is 1.51. The quantitative estimate of drug-likeness (QED) is 0.543. The minimum atomic E-state index is 0.125. The average molecular weight is 447 g/mol. The van der Waals surface area contributed by atoms with Crippen LogP contribution in [0.2, 0.25) is 0 Å². The topological polar surface area (TPSA) is 69.9 Å². The third kappa shape index (κ3) is 5.38. The molecule has 2 N–H and O–H groups in total. The SMILES string of the molecule is CN=C(NCc1ccc(-c2ccc(Br)cc2)o1)N1CCC(CC(=O)NC)CC1. The highest BCUT2D eigenvalue weighted by molar-refractivity contribution is 9.10. The number of halogens is 1. The number of nitrogens with one attached hydrogen (secondary N) is 2. The van der Waals surface area contributed by atoms with Crippen molar-refractivity contribution >= 4 is 27.8 Å². The van der Waals surface area contributed by atoms with E-state index in [1.807, 2.05) is 36.4 Å². The van der Waals surface area contributed by atoms with Gasteiger partial charge in [-0.05, 0) is 43.0 Å². The molecule has 0 radical (unpaired) electrons. The number of amides is 1. The molecular formula is C21H27BrN4O2. The van der Waals surface area contributed by atoms with Gasteiger partial charge in [0.25, 0.3) is 0 Å². The maximum absolute atomic E-state index is 11.6. The van der Waals surface area contributed by atoms with Crippen LogP contribution < -0.4 is 10.6 Å². The fraction of sp³-hybridized carbons (Fsp3) is 0.429. The van der Waals surface area contributed by atoms with E-state index < -0.39 is 0 Å². The summed E-state index contributed by atoms with van der Waals surface area (Å²) in [5, 5.41) is 6.10. The molecule has 7 heteroatoms. The van der Waals surface area contributed by atoms with Crippen molar-refractivity contribution in [3.63, 3.8) is 0 Å². The van der Waals surface area contributed by atoms with Crippen molar-refractivity contribution in [1.29, 1.82) is 0 Å². The number of likely N-dealkylation sites (tertiary alicyclic amines) is 1. The number of piperidine rings is 1. The van der Waals surface area contributed by atoms with Crippen molar-refractivity contribution in [1.82, 2.24) is 15.5 Å². The summed E-state index contributed by atoms with van der Waals surface area (Å²) in [6.45, 7) is 2.40. The van der Waals surface area contributed by atoms with E-state index in [2.05, 4.69) is 36.5 Å². The monoisotopic (exact) mass is 446 g/mol. The highest BCUT2D eigenvalue weighted by Gasteiger charge is 2.23. The third-order valence-electron chi connectivity index (χ3n) is 5.09. The molecule has 0 bridgehead atoms. The van der Waals surface area contributed by atoms with Crippen molar-refractivity contribution < 1.29 is 9.21 Å². The molecule has 1 aliphatic heterocycles. The normalized spacial score (nSPS) is 15.5. The molecule has 28 heavy (non-hydrogen) atoms. The lowest BCUT2D eigenvalue weighted by Crippen LogP contribution is -2.45. The van der Waals surface area contributed by atoms with Crippen LogP contribution in [-0.2, 0) is 11.3 Å². The molecular weight excluding hydrogens is 420 g/mol. The molecule has 150 valence electrons. The molecule has 1 saturated heterocycles. The van der Waals surface area contributed by atoms with Crippen molar-refractivity contribution in [3.8, 4) is 11.3 Å². The van der Waals surface area contributed by atoms with Gasteiger partial charge in [-0.25, -0.2) is 0 Å². The van der Waals surface area contributed by atoms with Crippen LogP contribution in [0.5, 0.6) is 0 Å². The number of benzene rings is 1. The number of hydrogen-bond donors (Lipinski definition) is 2. The Morgan fingerprint density at radius 3 is 2.57 bits per heavy atom. The summed E-state index contributed by atoms with van der Waals surface area (Å²) in [5.41, 5.74) is 1.05. The second-order valence-corrected chi connectivity index (χ2v) is 7.90. The molecule has 0 atom stereocenters. The van der Waals surface area contributed by atoms with Crippen LogP contribution in [0.3, 0.4) is 0 Å². The van der Waals surface area contributed by atoms with E-state index in [0.29, 0.717) is 18.9 Å². The molecule has 2 aromatic rings. The number of carbonyl (C=O) groups excluding carboxylic acids is 1. The number of rotatable bonds is 5. The number of aliphatic imine (C=N–C) groups is 1. The lowest BCUT2D eigenvalue weighted by Gasteiger charge is -2.33. The molecule has 6 nitrogen and oxygen atoms in total. The first-order chi connectivity index (χ1) is 13.6. The van der Waals surface area contributed by atoms with Crippen LogP contribution in [0.25, 0.3) is 11.3 Å². The first kappa shape index (κ1) is 20.5. The fourth-order valence-corrected chi connectivity index (χ4v) is 3.72. The summed E-state index contributed by atoms with van der Waals surface area (Å²) in [4.78, 5) is 18.2. The molecule has 1 fully saturated rings. The summed E-state index contributed by atoms with van der Waals surface area (Å²) in [7, 11) is 3.49. The smallest absolute Gasteiger partial charge is 0.220 e. The zero-order chi connectivity index (χ0) is 19.9. The predicted molar refractivity (Wildman–Crippen MR) is 115 cm³/mol. The van der Waals surface area contributed by atoms with Crippen LogP contribution in [0.1, 0.15) is 25.0 Å². The van der Waals surface area contributed by atoms with Crippen molar-refractivity contribution in [2.45, 2.75) is 25.8 Å². The Morgan fingerprint density at radius 1 is 1.21 bits per heavy atom. The van der Waals surface area contributed by atoms with Crippen molar-refractivity contribution in [2.24, 2.45) is 10.9 Å². The van der Waals surface area contributed by atoms with E-state index >= 15 is 0 Å². The van der Waals surface area contributed by atoms with Crippen LogP contribution >= 0.6 is 15.9 Å². The first-order valence-corrected chi connectivity index (χ1v) is 10.4. The minimum Gasteiger partial charge on any atom is -0.459 e. The Bertz CT molecular complexity index is 808. The number of furan rings is 1. The molecule has 1 amide bonds. The maximum Gasteiger partial charge on any atom is 0.220 e. The number of carbonyl (C=O) groups is 1. The van der Waals surface area contributed by atoms with E-state index in [-0.39, 0.29) is 5.91 Å². The average Bonchev–Trinajstić information content (AvgIpc) is 3.19. The van der Waals surface area contributed by atoms with Crippen LogP contribution in [0.4, 0.5) is 0 Å². The van der Waals surface area contributed by atoms with Gasteiger partial charge in [0.05, 0.1) is 6.54 Å². The lowest BCUT2D eigenvalue weighted by atomic mass is 9.93. The summed E-state index contributed by atoms with van der Waals surface area (Å²) < 4.78 is 7.02. The molecule has 1 aromatic carbocycles. The van der Waals surface area contributed by atoms with Crippen LogP contribution in [-0.4, -0.2) is 44.0 Å². The molecule has 0 saturated carbocycles. The Morgan fingerprint density at radius 2 is 1.93 bits per heavy atom. The Kier molecular flexibility index (Phi) is 7.14. The predicted octanol–water partition coefficient (Wildman–Crippen LogP) is 3.63. The van der Waals surface area contributed by atoms with Crippen LogP contribution in [0.15, 0.2) is 50.3 Å². The van der Waals surface area contributed by atoms with E-state index in [1.54, 1.807) is 14.1 Å². The maximum atomic E-state index is 11.6. The van der Waals surface area contributed by atoms with Gasteiger partial charge in [-0.1, -0.05) is 28.1 Å². The van der Waals surface area contributed by atoms with Gasteiger partial charge < -0.3 is 20.0 Å². The van der Waals surface area contributed by atoms with Gasteiger partial charge in [-0.3, -0.25) is 9.79 Å². The molecule has 0 spiro atoms. The van der Waals surface area contributed by atoms with Gasteiger partial charge in [-0.2, -0.15) is 0 Å². The number of nitrogens with zero attached hydrogens (tertiary/aromatic N) is 2. The van der Waals surface area contributed by atoms with Gasteiger partial charge in [0, 0.05) is 43.6 Å². The highest BCUT2D eigenvalue weighted by atomic mass is 79.9. The van der Waals surface area contributed by atoms with Crippen LogP contribution in [0, 0.1) is 5.92 Å². The Labute approximate surface area is 174 Å². The lowest BCUT2D eigenvalue weighted by molar-refractivity contribution is -0.121. The van der Waals surface area contributed by atoms with E-state index in [9.17, 15) is 4.79 Å². The minimum absolute atomic E-state index is 0.125. The van der Waals surface area contributed by atoms with E-state index in [4.69, 9.17) is 4.42 Å². The Hall–Kier alpha value is -2.28. The van der Waals surface area contributed by atoms with Gasteiger partial charge >= 0.3 is 0 Å². The van der Waals surface area contributed by atoms with Gasteiger partial charge in [0.2, 0.25) is 5.91 Å². The second kappa shape index (κ2) is 9.78. The number of hydrogen-bond acceptors (Lipinski definition) is 3. The standard InChI is InChI=1S/C21H27BrN4O2/c1-23-20(27)13-15-9-11-26(12-10-15)21(24-2)25-14-18-7-8-19(28-18)16-3-5-17(22)6-4-16/h3-8,15H,9-14H2,1-2H3,(H,23,27)(H,24,25). The summed E-state index contributed by atoms with van der Waals surface area (Å²) in [5.74, 6) is 3.18. The largest absolute Gasteiger partial charge is 0.459 e. The van der Waals surface area contributed by atoms with Gasteiger partial charge in [0.15, 0.2) is 5.96 Å². The molecule has 1 aromatic heterocycles. The zero-order valence-corrected chi connectivity index (χ0v) is 18.0. The van der Waals surface area contributed by atoms with E-state index in [1.165, 1.54) is 0 Å². The molecule has 3 rings (SSSR count). The molecule has 0 unspecified atom stereocenters. The second-order valence-electron chi connectivity index (χ2n) is 6.98. The summed E-state index contributed by atoms with van der Waals surface area (Å²) in [6.07, 6.45) is 2.62. The fourth-order valence-electron chi connectivity index (χ4n) is 3.45. The van der Waals surface area contributed by atoms with Crippen molar-refractivity contribution in [2.75, 3.05) is 27.2 Å². The summed E-state index contributed by atoms with van der Waals surface area (Å²) in [6, 6.07) is 12.1.